The minimum Gasteiger partial charge on any atom is -0.349 e. The number of rotatable bonds is 3. The van der Waals surface area contributed by atoms with Crippen molar-refractivity contribution in [1.82, 2.24) is 19.7 Å². The van der Waals surface area contributed by atoms with Gasteiger partial charge in [0.2, 0.25) is 0 Å². The second-order valence-electron chi connectivity index (χ2n) is 5.05. The van der Waals surface area contributed by atoms with E-state index in [9.17, 15) is 4.79 Å². The average molecular weight is 258 g/mol. The highest BCUT2D eigenvalue weighted by Crippen LogP contribution is 2.19. The molecule has 0 spiro atoms. The van der Waals surface area contributed by atoms with Gasteiger partial charge >= 0.3 is 0 Å². The van der Waals surface area contributed by atoms with Crippen LogP contribution in [0.2, 0.25) is 0 Å². The summed E-state index contributed by atoms with van der Waals surface area (Å²) in [4.78, 5) is 12.4. The molecular formula is C14H18N4O. The fourth-order valence-corrected chi connectivity index (χ4v) is 2.71. The summed E-state index contributed by atoms with van der Waals surface area (Å²) < 4.78 is 3.64. The number of amides is 1. The molecule has 0 bridgehead atoms. The number of nitrogens with one attached hydrogen (secondary N) is 1. The molecule has 2 aromatic rings. The molecule has 0 aliphatic heterocycles. The minimum absolute atomic E-state index is 0.0244. The molecule has 5 heteroatoms. The van der Waals surface area contributed by atoms with Gasteiger partial charge in [-0.15, -0.1) is 0 Å². The van der Waals surface area contributed by atoms with E-state index in [1.165, 1.54) is 12.8 Å². The fraction of sp³-hybridized carbons (Fsp3) is 0.429. The SMILES string of the molecule is Cn1ncc(C(=O)NC2CCCC2)c1-n1cccc1. The molecule has 1 aliphatic carbocycles. The lowest BCUT2D eigenvalue weighted by Crippen LogP contribution is -2.33. The Hall–Kier alpha value is -2.04. The van der Waals surface area contributed by atoms with Gasteiger partial charge in [-0.2, -0.15) is 5.10 Å². The van der Waals surface area contributed by atoms with Crippen LogP contribution in [0.1, 0.15) is 36.0 Å². The summed E-state index contributed by atoms with van der Waals surface area (Å²) in [6.07, 6.45) is 10.1. The number of carbonyl (C=O) groups is 1. The fourth-order valence-electron chi connectivity index (χ4n) is 2.71. The monoisotopic (exact) mass is 258 g/mol. The van der Waals surface area contributed by atoms with Crippen LogP contribution in [0.4, 0.5) is 0 Å². The number of carbonyl (C=O) groups excluding carboxylic acids is 1. The standard InChI is InChI=1S/C14H18N4O/c1-17-14(18-8-4-5-9-18)12(10-15-17)13(19)16-11-6-2-3-7-11/h4-5,8-11H,2-3,6-7H2,1H3,(H,16,19). The van der Waals surface area contributed by atoms with Crippen molar-refractivity contribution in [2.45, 2.75) is 31.7 Å². The van der Waals surface area contributed by atoms with Crippen LogP contribution in [-0.4, -0.2) is 26.3 Å². The predicted molar refractivity (Wildman–Crippen MR) is 72.3 cm³/mol. The smallest absolute Gasteiger partial charge is 0.256 e. The van der Waals surface area contributed by atoms with Crippen LogP contribution >= 0.6 is 0 Å². The zero-order chi connectivity index (χ0) is 13.2. The molecule has 100 valence electrons. The highest BCUT2D eigenvalue weighted by molar-refractivity contribution is 5.97. The van der Waals surface area contributed by atoms with Crippen LogP contribution in [0.25, 0.3) is 5.82 Å². The third-order valence-electron chi connectivity index (χ3n) is 3.69. The van der Waals surface area contributed by atoms with E-state index >= 15 is 0 Å². The lowest BCUT2D eigenvalue weighted by atomic mass is 10.2. The van der Waals surface area contributed by atoms with Gasteiger partial charge in [0.15, 0.2) is 0 Å². The maximum absolute atomic E-state index is 12.4. The van der Waals surface area contributed by atoms with Crippen molar-refractivity contribution in [3.05, 3.63) is 36.3 Å². The molecule has 1 amide bonds. The lowest BCUT2D eigenvalue weighted by Gasteiger charge is -2.12. The maximum Gasteiger partial charge on any atom is 0.256 e. The van der Waals surface area contributed by atoms with Gasteiger partial charge in [-0.25, -0.2) is 0 Å². The van der Waals surface area contributed by atoms with Crippen LogP contribution in [0.3, 0.4) is 0 Å². The van der Waals surface area contributed by atoms with Crippen LogP contribution in [0.5, 0.6) is 0 Å². The van der Waals surface area contributed by atoms with E-state index in [0.29, 0.717) is 11.6 Å². The molecule has 2 aromatic heterocycles. The topological polar surface area (TPSA) is 51.9 Å². The molecular weight excluding hydrogens is 240 g/mol. The van der Waals surface area contributed by atoms with Gasteiger partial charge in [0.25, 0.3) is 5.91 Å². The summed E-state index contributed by atoms with van der Waals surface area (Å²) in [5.74, 6) is 0.782. The summed E-state index contributed by atoms with van der Waals surface area (Å²) >= 11 is 0. The summed E-state index contributed by atoms with van der Waals surface area (Å²) in [5.41, 5.74) is 0.630. The lowest BCUT2D eigenvalue weighted by molar-refractivity contribution is 0.0938. The zero-order valence-corrected chi connectivity index (χ0v) is 11.0. The number of hydrogen-bond acceptors (Lipinski definition) is 2. The van der Waals surface area contributed by atoms with E-state index in [1.54, 1.807) is 10.9 Å². The summed E-state index contributed by atoms with van der Waals surface area (Å²) in [5, 5.41) is 7.31. The average Bonchev–Trinajstić information content (AvgIpc) is 3.08. The number of aryl methyl sites for hydroxylation is 1. The first-order chi connectivity index (χ1) is 9.25. The Labute approximate surface area is 112 Å². The van der Waals surface area contributed by atoms with Gasteiger partial charge in [0, 0.05) is 25.5 Å². The predicted octanol–water partition coefficient (Wildman–Crippen LogP) is 1.88. The molecule has 3 rings (SSSR count). The third-order valence-corrected chi connectivity index (χ3v) is 3.69. The van der Waals surface area contributed by atoms with Crippen LogP contribution < -0.4 is 5.32 Å². The molecule has 0 unspecified atom stereocenters. The van der Waals surface area contributed by atoms with Gasteiger partial charge in [-0.05, 0) is 25.0 Å². The molecule has 1 saturated carbocycles. The van der Waals surface area contributed by atoms with E-state index in [2.05, 4.69) is 10.4 Å². The molecule has 5 nitrogen and oxygen atoms in total. The molecule has 2 heterocycles. The molecule has 1 N–H and O–H groups in total. The third kappa shape index (κ3) is 2.28. The number of nitrogens with zero attached hydrogens (tertiary/aromatic N) is 3. The first-order valence-electron chi connectivity index (χ1n) is 6.72. The molecule has 1 aliphatic rings. The van der Waals surface area contributed by atoms with Crippen molar-refractivity contribution in [3.63, 3.8) is 0 Å². The Morgan fingerprint density at radius 1 is 1.32 bits per heavy atom. The van der Waals surface area contributed by atoms with Gasteiger partial charge in [-0.1, -0.05) is 12.8 Å². The van der Waals surface area contributed by atoms with E-state index < -0.39 is 0 Å². The van der Waals surface area contributed by atoms with Gasteiger partial charge in [-0.3, -0.25) is 9.48 Å². The Bertz CT molecular complexity index is 564. The highest BCUT2D eigenvalue weighted by atomic mass is 16.1. The number of aromatic nitrogens is 3. The quantitative estimate of drug-likeness (QED) is 0.914. The summed E-state index contributed by atoms with van der Waals surface area (Å²) in [7, 11) is 1.85. The van der Waals surface area contributed by atoms with Gasteiger partial charge in [0.05, 0.1) is 6.20 Å². The number of hydrogen-bond donors (Lipinski definition) is 1. The molecule has 0 saturated heterocycles. The van der Waals surface area contributed by atoms with Gasteiger partial charge in [0.1, 0.15) is 11.4 Å². The Balaban J connectivity index is 1.86. The van der Waals surface area contributed by atoms with E-state index in [1.807, 2.05) is 36.1 Å². The van der Waals surface area contributed by atoms with Crippen LogP contribution in [-0.2, 0) is 7.05 Å². The van der Waals surface area contributed by atoms with Crippen molar-refractivity contribution in [1.29, 1.82) is 0 Å². The Morgan fingerprint density at radius 2 is 2.00 bits per heavy atom. The molecule has 0 atom stereocenters. The zero-order valence-electron chi connectivity index (χ0n) is 11.0. The van der Waals surface area contributed by atoms with Crippen molar-refractivity contribution in [3.8, 4) is 5.82 Å². The first-order valence-corrected chi connectivity index (χ1v) is 6.72. The van der Waals surface area contributed by atoms with E-state index in [4.69, 9.17) is 0 Å². The Morgan fingerprint density at radius 3 is 2.68 bits per heavy atom. The molecule has 1 fully saturated rings. The largest absolute Gasteiger partial charge is 0.349 e. The second kappa shape index (κ2) is 4.91. The van der Waals surface area contributed by atoms with Crippen molar-refractivity contribution < 1.29 is 4.79 Å². The second-order valence-corrected chi connectivity index (χ2v) is 5.05. The van der Waals surface area contributed by atoms with Crippen molar-refractivity contribution in [2.75, 3.05) is 0 Å². The van der Waals surface area contributed by atoms with E-state index in [-0.39, 0.29) is 5.91 Å². The molecule has 19 heavy (non-hydrogen) atoms. The summed E-state index contributed by atoms with van der Waals surface area (Å²) in [6.45, 7) is 0. The molecule has 0 aromatic carbocycles. The minimum atomic E-state index is -0.0244. The maximum atomic E-state index is 12.4. The van der Waals surface area contributed by atoms with E-state index in [0.717, 1.165) is 18.7 Å². The van der Waals surface area contributed by atoms with Crippen molar-refractivity contribution >= 4 is 5.91 Å². The highest BCUT2D eigenvalue weighted by Gasteiger charge is 2.22. The van der Waals surface area contributed by atoms with Crippen LogP contribution in [0.15, 0.2) is 30.7 Å². The molecule has 0 radical (unpaired) electrons. The van der Waals surface area contributed by atoms with Gasteiger partial charge < -0.3 is 9.88 Å². The summed E-state index contributed by atoms with van der Waals surface area (Å²) in [6, 6.07) is 4.20. The van der Waals surface area contributed by atoms with Crippen LogP contribution in [0, 0.1) is 0 Å². The Kier molecular flexibility index (Phi) is 3.11. The van der Waals surface area contributed by atoms with Crippen molar-refractivity contribution in [2.24, 2.45) is 7.05 Å². The normalized spacial score (nSPS) is 15.8. The first kappa shape index (κ1) is 12.0.